The first-order valence-corrected chi connectivity index (χ1v) is 6.15. The average molecular weight is 254 g/mol. The van der Waals surface area contributed by atoms with E-state index in [4.69, 9.17) is 14.9 Å². The minimum atomic E-state index is -0.111. The van der Waals surface area contributed by atoms with Gasteiger partial charge in [-0.05, 0) is 18.1 Å². The van der Waals surface area contributed by atoms with Crippen molar-refractivity contribution in [3.63, 3.8) is 0 Å². The molecular weight excluding hydrogens is 232 g/mol. The number of carbonyl (C=O) groups excluding carboxylic acids is 1. The van der Waals surface area contributed by atoms with Gasteiger partial charge in [0, 0.05) is 20.2 Å². The molecule has 18 heavy (non-hydrogen) atoms. The monoisotopic (exact) mass is 254 g/mol. The summed E-state index contributed by atoms with van der Waals surface area (Å²) >= 11 is 0. The summed E-state index contributed by atoms with van der Waals surface area (Å²) in [5.74, 6) is 1.25. The molecule has 0 aliphatic rings. The molecule has 2 N–H and O–H groups in total. The van der Waals surface area contributed by atoms with Gasteiger partial charge in [0.25, 0.3) is 5.91 Å². The Kier molecular flexibility index (Phi) is 5.88. The first-order chi connectivity index (χ1) is 8.58. The zero-order chi connectivity index (χ0) is 13.5. The Hall–Kier alpha value is -1.33. The normalized spacial score (nSPS) is 10.9. The maximum Gasteiger partial charge on any atom is 0.289 e. The predicted octanol–water partition coefficient (Wildman–Crippen LogP) is 1.48. The van der Waals surface area contributed by atoms with E-state index in [1.54, 1.807) is 24.1 Å². The van der Waals surface area contributed by atoms with Crippen LogP contribution in [0.25, 0.3) is 0 Å². The molecule has 0 aliphatic heterocycles. The molecule has 0 atom stereocenters. The molecule has 0 spiro atoms. The van der Waals surface area contributed by atoms with Crippen LogP contribution in [0, 0.1) is 5.92 Å². The lowest BCUT2D eigenvalue weighted by Crippen LogP contribution is -2.36. The van der Waals surface area contributed by atoms with Crippen molar-refractivity contribution in [2.24, 2.45) is 11.7 Å². The van der Waals surface area contributed by atoms with E-state index in [9.17, 15) is 4.79 Å². The molecule has 1 aromatic rings. The van der Waals surface area contributed by atoms with Gasteiger partial charge in [-0.2, -0.15) is 0 Å². The van der Waals surface area contributed by atoms with Crippen LogP contribution in [0.1, 0.15) is 30.2 Å². The largest absolute Gasteiger partial charge is 0.455 e. The molecule has 0 saturated carbocycles. The summed E-state index contributed by atoms with van der Waals surface area (Å²) in [5, 5.41) is 0. The Morgan fingerprint density at radius 2 is 2.22 bits per heavy atom. The average Bonchev–Trinajstić information content (AvgIpc) is 2.81. The SMILES string of the molecule is COCCN(CC(C)C)C(=O)c1ccc(CN)o1. The summed E-state index contributed by atoms with van der Waals surface area (Å²) in [4.78, 5) is 14.0. The van der Waals surface area contributed by atoms with Crippen molar-refractivity contribution in [2.75, 3.05) is 26.8 Å². The highest BCUT2D eigenvalue weighted by molar-refractivity contribution is 5.91. The van der Waals surface area contributed by atoms with Crippen LogP contribution in [0.2, 0.25) is 0 Å². The van der Waals surface area contributed by atoms with E-state index in [0.29, 0.717) is 43.7 Å². The summed E-state index contributed by atoms with van der Waals surface area (Å²) < 4.78 is 10.4. The lowest BCUT2D eigenvalue weighted by molar-refractivity contribution is 0.0639. The van der Waals surface area contributed by atoms with Gasteiger partial charge in [0.1, 0.15) is 5.76 Å². The van der Waals surface area contributed by atoms with E-state index in [1.165, 1.54) is 0 Å². The third-order valence-electron chi connectivity index (χ3n) is 2.51. The van der Waals surface area contributed by atoms with Crippen LogP contribution < -0.4 is 5.73 Å². The zero-order valence-corrected chi connectivity index (χ0v) is 11.3. The van der Waals surface area contributed by atoms with Crippen LogP contribution in [-0.2, 0) is 11.3 Å². The van der Waals surface area contributed by atoms with Gasteiger partial charge in [0.15, 0.2) is 5.76 Å². The molecule has 5 nitrogen and oxygen atoms in total. The highest BCUT2D eigenvalue weighted by Gasteiger charge is 2.19. The Labute approximate surface area is 108 Å². The molecule has 1 heterocycles. The number of hydrogen-bond donors (Lipinski definition) is 1. The predicted molar refractivity (Wildman–Crippen MR) is 69.2 cm³/mol. The van der Waals surface area contributed by atoms with Gasteiger partial charge >= 0.3 is 0 Å². The van der Waals surface area contributed by atoms with E-state index in [-0.39, 0.29) is 5.91 Å². The van der Waals surface area contributed by atoms with Crippen LogP contribution in [0.3, 0.4) is 0 Å². The van der Waals surface area contributed by atoms with E-state index < -0.39 is 0 Å². The van der Waals surface area contributed by atoms with Crippen LogP contribution in [0.15, 0.2) is 16.5 Å². The minimum absolute atomic E-state index is 0.111. The molecule has 5 heteroatoms. The number of hydrogen-bond acceptors (Lipinski definition) is 4. The van der Waals surface area contributed by atoms with E-state index in [0.717, 1.165) is 0 Å². The number of carbonyl (C=O) groups is 1. The fraction of sp³-hybridized carbons (Fsp3) is 0.615. The highest BCUT2D eigenvalue weighted by Crippen LogP contribution is 2.11. The molecule has 0 aromatic carbocycles. The first kappa shape index (κ1) is 14.7. The van der Waals surface area contributed by atoms with Crippen LogP contribution in [0.5, 0.6) is 0 Å². The Bertz CT molecular complexity index is 374. The third kappa shape index (κ3) is 4.16. The number of nitrogens with two attached hydrogens (primary N) is 1. The quantitative estimate of drug-likeness (QED) is 0.800. The number of nitrogens with zero attached hydrogens (tertiary/aromatic N) is 1. The van der Waals surface area contributed by atoms with Crippen molar-refractivity contribution in [1.82, 2.24) is 4.90 Å². The van der Waals surface area contributed by atoms with Gasteiger partial charge in [-0.15, -0.1) is 0 Å². The van der Waals surface area contributed by atoms with Crippen molar-refractivity contribution in [2.45, 2.75) is 20.4 Å². The number of rotatable bonds is 7. The standard InChI is InChI=1S/C13H22N2O3/c1-10(2)9-15(6-7-17-3)13(16)12-5-4-11(8-14)18-12/h4-5,10H,6-9,14H2,1-3H3. The Morgan fingerprint density at radius 1 is 1.50 bits per heavy atom. The van der Waals surface area contributed by atoms with Crippen molar-refractivity contribution in [1.29, 1.82) is 0 Å². The maximum absolute atomic E-state index is 12.3. The second-order valence-corrected chi connectivity index (χ2v) is 4.61. The molecule has 1 rings (SSSR count). The maximum atomic E-state index is 12.3. The Morgan fingerprint density at radius 3 is 2.72 bits per heavy atom. The molecule has 102 valence electrons. The second kappa shape index (κ2) is 7.18. The topological polar surface area (TPSA) is 68.7 Å². The molecule has 0 fully saturated rings. The van der Waals surface area contributed by atoms with Crippen molar-refractivity contribution >= 4 is 5.91 Å². The molecule has 0 bridgehead atoms. The van der Waals surface area contributed by atoms with Gasteiger partial charge in [0.05, 0.1) is 13.2 Å². The summed E-state index contributed by atoms with van der Waals surface area (Å²) in [7, 11) is 1.62. The van der Waals surface area contributed by atoms with Crippen LogP contribution in [-0.4, -0.2) is 37.6 Å². The van der Waals surface area contributed by atoms with Crippen molar-refractivity contribution in [3.05, 3.63) is 23.7 Å². The van der Waals surface area contributed by atoms with Gasteiger partial charge in [-0.3, -0.25) is 4.79 Å². The molecule has 1 amide bonds. The van der Waals surface area contributed by atoms with Crippen LogP contribution >= 0.6 is 0 Å². The van der Waals surface area contributed by atoms with E-state index in [1.807, 2.05) is 0 Å². The van der Waals surface area contributed by atoms with Gasteiger partial charge in [0.2, 0.25) is 0 Å². The van der Waals surface area contributed by atoms with Gasteiger partial charge in [-0.25, -0.2) is 0 Å². The van der Waals surface area contributed by atoms with Gasteiger partial charge < -0.3 is 19.8 Å². The van der Waals surface area contributed by atoms with E-state index in [2.05, 4.69) is 13.8 Å². The number of ether oxygens (including phenoxy) is 1. The number of furan rings is 1. The lowest BCUT2D eigenvalue weighted by atomic mass is 10.2. The summed E-state index contributed by atoms with van der Waals surface area (Å²) in [6.45, 7) is 6.20. The van der Waals surface area contributed by atoms with Crippen molar-refractivity contribution < 1.29 is 13.9 Å². The van der Waals surface area contributed by atoms with E-state index >= 15 is 0 Å². The molecule has 0 unspecified atom stereocenters. The zero-order valence-electron chi connectivity index (χ0n) is 11.3. The summed E-state index contributed by atoms with van der Waals surface area (Å²) in [5.41, 5.74) is 5.46. The Balaban J connectivity index is 2.73. The smallest absolute Gasteiger partial charge is 0.289 e. The molecule has 0 aliphatic carbocycles. The minimum Gasteiger partial charge on any atom is -0.455 e. The fourth-order valence-electron chi connectivity index (χ4n) is 1.68. The second-order valence-electron chi connectivity index (χ2n) is 4.61. The lowest BCUT2D eigenvalue weighted by Gasteiger charge is -2.23. The molecule has 0 radical (unpaired) electrons. The fourth-order valence-corrected chi connectivity index (χ4v) is 1.68. The molecule has 1 aromatic heterocycles. The first-order valence-electron chi connectivity index (χ1n) is 6.15. The highest BCUT2D eigenvalue weighted by atomic mass is 16.5. The molecule has 0 saturated heterocycles. The van der Waals surface area contributed by atoms with Crippen molar-refractivity contribution in [3.8, 4) is 0 Å². The molecular formula is C13H22N2O3. The number of methoxy groups -OCH3 is 1. The summed E-state index contributed by atoms with van der Waals surface area (Å²) in [6.07, 6.45) is 0. The number of amides is 1. The van der Waals surface area contributed by atoms with Crippen LogP contribution in [0.4, 0.5) is 0 Å². The van der Waals surface area contributed by atoms with Gasteiger partial charge in [-0.1, -0.05) is 13.8 Å². The third-order valence-corrected chi connectivity index (χ3v) is 2.51. The summed E-state index contributed by atoms with van der Waals surface area (Å²) in [6, 6.07) is 3.40.